The molecule has 1 spiro atoms. The van der Waals surface area contributed by atoms with Gasteiger partial charge in [0, 0.05) is 41.7 Å². The molecule has 3 aliphatic rings. The van der Waals surface area contributed by atoms with Crippen molar-refractivity contribution in [2.24, 2.45) is 17.3 Å². The van der Waals surface area contributed by atoms with E-state index >= 15 is 0 Å². The smallest absolute Gasteiger partial charge is 0.417 e. The van der Waals surface area contributed by atoms with Crippen molar-refractivity contribution in [1.29, 1.82) is 0 Å². The lowest BCUT2D eigenvalue weighted by Crippen LogP contribution is -2.47. The van der Waals surface area contributed by atoms with Crippen LogP contribution in [0.2, 0.25) is 0 Å². The molecule has 3 heterocycles. The van der Waals surface area contributed by atoms with E-state index < -0.39 is 35.1 Å². The van der Waals surface area contributed by atoms with E-state index in [1.165, 1.54) is 24.3 Å². The lowest BCUT2D eigenvalue weighted by atomic mass is 9.56. The van der Waals surface area contributed by atoms with Gasteiger partial charge >= 0.3 is 18.3 Å². The lowest BCUT2D eigenvalue weighted by molar-refractivity contribution is -0.137. The minimum atomic E-state index is -4.74. The Balaban J connectivity index is 1.06. The van der Waals surface area contributed by atoms with Crippen molar-refractivity contribution >= 4 is 22.6 Å². The number of pyridine rings is 1. The monoisotopic (exact) mass is 643 g/mol. The summed E-state index contributed by atoms with van der Waals surface area (Å²) in [6.45, 7) is 1.29. The third-order valence-corrected chi connectivity index (χ3v) is 9.97. The number of carboxylic acids is 1. The van der Waals surface area contributed by atoms with Crippen LogP contribution in [-0.4, -0.2) is 34.3 Å². The van der Waals surface area contributed by atoms with Gasteiger partial charge in [0.1, 0.15) is 17.1 Å². The SMILES string of the molecule is O=C(O)c1cc(C(F)(F)F)c2cc(N3CCC4(CC3)CC(Cc3c(-c5ccccc5C(F)(F)F)noc3CC3CC3)C4)ccc2n1. The number of rotatable bonds is 7. The van der Waals surface area contributed by atoms with Crippen LogP contribution < -0.4 is 4.90 Å². The highest BCUT2D eigenvalue weighted by Crippen LogP contribution is 2.55. The van der Waals surface area contributed by atoms with E-state index in [1.54, 1.807) is 12.1 Å². The number of anilines is 1. The molecule has 3 fully saturated rings. The largest absolute Gasteiger partial charge is 0.477 e. The van der Waals surface area contributed by atoms with Gasteiger partial charge < -0.3 is 14.5 Å². The first-order valence-corrected chi connectivity index (χ1v) is 15.4. The minimum absolute atomic E-state index is 0.0293. The number of fused-ring (bicyclic) bond motifs is 1. The number of carboxylic acid groups (broad SMARTS) is 1. The van der Waals surface area contributed by atoms with Gasteiger partial charge in [0.25, 0.3) is 0 Å². The number of aromatic carboxylic acids is 1. The molecular weight excluding hydrogens is 612 g/mol. The Labute approximate surface area is 260 Å². The summed E-state index contributed by atoms with van der Waals surface area (Å²) in [6, 6.07) is 10.6. The Hall–Kier alpha value is -4.09. The molecule has 46 heavy (non-hydrogen) atoms. The van der Waals surface area contributed by atoms with E-state index in [2.05, 4.69) is 10.1 Å². The maximum Gasteiger partial charge on any atom is 0.417 e. The van der Waals surface area contributed by atoms with Gasteiger partial charge in [-0.25, -0.2) is 9.78 Å². The lowest BCUT2D eigenvalue weighted by Gasteiger charge is -2.53. The van der Waals surface area contributed by atoms with Crippen LogP contribution in [0.15, 0.2) is 53.1 Å². The fourth-order valence-electron chi connectivity index (χ4n) is 7.45. The molecule has 2 aromatic heterocycles. The standard InChI is InChI=1S/C34H31F6N3O3/c35-33(36,37)25-4-2-1-3-22(25)30-24(29(46-42-30)14-19-5-6-19)13-20-17-32(18-20)9-11-43(12-10-32)21-7-8-27-23(15-21)26(34(38,39)40)16-28(41-27)31(44)45/h1-4,7-8,15-16,19-20H,5-6,9-14,17-18H2,(H,44,45). The summed E-state index contributed by atoms with van der Waals surface area (Å²) in [6.07, 6.45) is -2.34. The fourth-order valence-corrected chi connectivity index (χ4v) is 7.45. The second-order valence-corrected chi connectivity index (χ2v) is 13.1. The highest BCUT2D eigenvalue weighted by molar-refractivity contribution is 5.93. The third kappa shape index (κ3) is 5.82. The first kappa shape index (κ1) is 30.6. The van der Waals surface area contributed by atoms with Crippen LogP contribution in [0.4, 0.5) is 32.0 Å². The molecular formula is C34H31F6N3O3. The molecule has 0 unspecified atom stereocenters. The zero-order valence-electron chi connectivity index (χ0n) is 24.7. The van der Waals surface area contributed by atoms with Crippen LogP contribution in [-0.2, 0) is 25.2 Å². The molecule has 4 aromatic rings. The summed E-state index contributed by atoms with van der Waals surface area (Å²) in [7, 11) is 0. The molecule has 7 rings (SSSR count). The average Bonchev–Trinajstić information content (AvgIpc) is 3.73. The van der Waals surface area contributed by atoms with Crippen LogP contribution in [0, 0.1) is 17.3 Å². The molecule has 2 aromatic carbocycles. The van der Waals surface area contributed by atoms with Gasteiger partial charge in [-0.2, -0.15) is 26.3 Å². The normalized spacial score (nSPS) is 18.7. The molecule has 0 atom stereocenters. The molecule has 1 aliphatic heterocycles. The third-order valence-electron chi connectivity index (χ3n) is 9.97. The van der Waals surface area contributed by atoms with Gasteiger partial charge in [0.15, 0.2) is 0 Å². The maximum atomic E-state index is 13.9. The number of aromatic nitrogens is 2. The highest BCUT2D eigenvalue weighted by Gasteiger charge is 2.47. The molecule has 1 saturated heterocycles. The summed E-state index contributed by atoms with van der Waals surface area (Å²) >= 11 is 0. The van der Waals surface area contributed by atoms with Crippen molar-refractivity contribution in [2.75, 3.05) is 18.0 Å². The van der Waals surface area contributed by atoms with E-state index in [9.17, 15) is 36.2 Å². The van der Waals surface area contributed by atoms with Crippen LogP contribution in [0.25, 0.3) is 22.2 Å². The van der Waals surface area contributed by atoms with E-state index in [4.69, 9.17) is 4.52 Å². The highest BCUT2D eigenvalue weighted by atomic mass is 19.4. The summed E-state index contributed by atoms with van der Waals surface area (Å²) < 4.78 is 88.9. The number of piperidine rings is 1. The predicted octanol–water partition coefficient (Wildman–Crippen LogP) is 8.82. The number of benzene rings is 2. The average molecular weight is 644 g/mol. The molecule has 0 bridgehead atoms. The molecule has 0 radical (unpaired) electrons. The van der Waals surface area contributed by atoms with Gasteiger partial charge in [-0.3, -0.25) is 0 Å². The molecule has 2 saturated carbocycles. The number of nitrogens with zero attached hydrogens (tertiary/aromatic N) is 3. The molecule has 0 amide bonds. The molecule has 12 heteroatoms. The number of halogens is 6. The zero-order valence-corrected chi connectivity index (χ0v) is 24.7. The molecule has 6 nitrogen and oxygen atoms in total. The number of carbonyl (C=O) groups is 1. The maximum absolute atomic E-state index is 13.9. The Bertz CT molecular complexity index is 1790. The summed E-state index contributed by atoms with van der Waals surface area (Å²) in [4.78, 5) is 17.3. The van der Waals surface area contributed by atoms with Gasteiger partial charge in [0.2, 0.25) is 0 Å². The van der Waals surface area contributed by atoms with Gasteiger partial charge in [-0.1, -0.05) is 23.4 Å². The Kier molecular flexibility index (Phi) is 7.32. The topological polar surface area (TPSA) is 79.5 Å². The van der Waals surface area contributed by atoms with E-state index in [0.717, 1.165) is 50.2 Å². The number of hydrogen-bond acceptors (Lipinski definition) is 5. The molecule has 2 aliphatic carbocycles. The first-order valence-electron chi connectivity index (χ1n) is 15.4. The Morgan fingerprint density at radius 2 is 1.61 bits per heavy atom. The van der Waals surface area contributed by atoms with Crippen LogP contribution >= 0.6 is 0 Å². The van der Waals surface area contributed by atoms with Crippen LogP contribution in [0.5, 0.6) is 0 Å². The predicted molar refractivity (Wildman–Crippen MR) is 157 cm³/mol. The second-order valence-electron chi connectivity index (χ2n) is 13.1. The Morgan fingerprint density at radius 3 is 2.26 bits per heavy atom. The number of hydrogen-bond donors (Lipinski definition) is 1. The molecule has 242 valence electrons. The van der Waals surface area contributed by atoms with E-state index in [0.29, 0.717) is 49.4 Å². The van der Waals surface area contributed by atoms with Crippen molar-refractivity contribution < 1.29 is 40.8 Å². The van der Waals surface area contributed by atoms with Crippen molar-refractivity contribution in [2.45, 2.75) is 63.7 Å². The summed E-state index contributed by atoms with van der Waals surface area (Å²) in [5, 5.41) is 13.3. The quantitative estimate of drug-likeness (QED) is 0.203. The van der Waals surface area contributed by atoms with Gasteiger partial charge in [0.05, 0.1) is 16.6 Å². The first-order chi connectivity index (χ1) is 21.8. The minimum Gasteiger partial charge on any atom is -0.477 e. The van der Waals surface area contributed by atoms with Crippen molar-refractivity contribution in [3.8, 4) is 11.3 Å². The number of alkyl halides is 6. The summed E-state index contributed by atoms with van der Waals surface area (Å²) in [5.74, 6) is -0.0936. The van der Waals surface area contributed by atoms with Crippen molar-refractivity contribution in [3.63, 3.8) is 0 Å². The zero-order chi connectivity index (χ0) is 32.4. The van der Waals surface area contributed by atoms with E-state index in [-0.39, 0.29) is 33.5 Å². The van der Waals surface area contributed by atoms with Gasteiger partial charge in [-0.15, -0.1) is 0 Å². The molecule has 1 N–H and O–H groups in total. The van der Waals surface area contributed by atoms with E-state index in [1.807, 2.05) is 4.90 Å². The van der Waals surface area contributed by atoms with Gasteiger partial charge in [-0.05, 0) is 92.5 Å². The summed E-state index contributed by atoms with van der Waals surface area (Å²) in [5.41, 5.74) is -0.658. The van der Waals surface area contributed by atoms with Crippen molar-refractivity contribution in [3.05, 3.63) is 76.7 Å². The Morgan fingerprint density at radius 1 is 0.913 bits per heavy atom. The van der Waals surface area contributed by atoms with Crippen LogP contribution in [0.1, 0.15) is 71.5 Å². The van der Waals surface area contributed by atoms with Crippen LogP contribution in [0.3, 0.4) is 0 Å². The fraction of sp³-hybridized carbons (Fsp3) is 0.441. The second kappa shape index (κ2) is 11.0. The van der Waals surface area contributed by atoms with Crippen molar-refractivity contribution in [1.82, 2.24) is 10.1 Å².